The third kappa shape index (κ3) is 2.24. The Labute approximate surface area is 221 Å². The molecule has 1 saturated carbocycles. The Morgan fingerprint density at radius 3 is 2.61 bits per heavy atom. The molecule has 0 radical (unpaired) electrons. The van der Waals surface area contributed by atoms with Crippen LogP contribution < -0.4 is 9.13 Å². The Morgan fingerprint density at radius 1 is 0.842 bits per heavy atom. The molecule has 1 spiro atoms. The summed E-state index contributed by atoms with van der Waals surface area (Å²) in [6, 6.07) is 31.7. The van der Waals surface area contributed by atoms with Gasteiger partial charge in [-0.05, 0) is 54.3 Å². The number of pyridine rings is 2. The summed E-state index contributed by atoms with van der Waals surface area (Å²) >= 11 is 0. The molecule has 1 fully saturated rings. The van der Waals surface area contributed by atoms with Gasteiger partial charge in [-0.1, -0.05) is 50.2 Å². The molecule has 3 unspecified atom stereocenters. The number of rotatable bonds is 1. The summed E-state index contributed by atoms with van der Waals surface area (Å²) in [7, 11) is 0. The zero-order valence-corrected chi connectivity index (χ0v) is 21.8. The average Bonchev–Trinajstić information content (AvgIpc) is 3.37. The third-order valence-corrected chi connectivity index (χ3v) is 9.48. The number of furan rings is 1. The maximum Gasteiger partial charge on any atom is 0.269 e. The first-order chi connectivity index (χ1) is 18.6. The van der Waals surface area contributed by atoms with Gasteiger partial charge in [-0.25, -0.2) is 0 Å². The lowest BCUT2D eigenvalue weighted by Gasteiger charge is -2.14. The van der Waals surface area contributed by atoms with Gasteiger partial charge in [0.25, 0.3) is 5.54 Å². The fourth-order valence-corrected chi connectivity index (χ4v) is 7.85. The van der Waals surface area contributed by atoms with E-state index in [1.165, 1.54) is 55.5 Å². The van der Waals surface area contributed by atoms with E-state index in [1.54, 1.807) is 0 Å². The molecule has 38 heavy (non-hydrogen) atoms. The van der Waals surface area contributed by atoms with E-state index in [1.807, 2.05) is 0 Å². The van der Waals surface area contributed by atoms with Crippen molar-refractivity contribution in [3.8, 4) is 22.5 Å². The second-order valence-electron chi connectivity index (χ2n) is 11.6. The van der Waals surface area contributed by atoms with E-state index in [2.05, 4.69) is 127 Å². The topological polar surface area (TPSA) is 20.9 Å². The molecular formula is C35H28N2O+2. The van der Waals surface area contributed by atoms with Crippen LogP contribution in [0.25, 0.3) is 44.5 Å². The van der Waals surface area contributed by atoms with Crippen molar-refractivity contribution < 1.29 is 13.6 Å². The number of fused-ring (bicyclic) bond motifs is 17. The number of nitrogens with zero attached hydrogens (tertiary/aromatic N) is 2. The van der Waals surface area contributed by atoms with Gasteiger partial charge in [0.2, 0.25) is 17.4 Å². The largest absolute Gasteiger partial charge is 0.455 e. The molecule has 3 heteroatoms. The molecule has 182 valence electrons. The van der Waals surface area contributed by atoms with Gasteiger partial charge >= 0.3 is 0 Å². The maximum absolute atomic E-state index is 6.65. The molecular weight excluding hydrogens is 464 g/mol. The monoisotopic (exact) mass is 492 g/mol. The SMILES string of the molecule is Cc1ccc[n+]2c1-c1c(ccc3c1oc1ccccc13)C1C2C12c1cc(C(C)C)ccc1-c1cccc[n+]12. The van der Waals surface area contributed by atoms with Crippen LogP contribution in [0.1, 0.15) is 54.0 Å². The molecule has 1 aliphatic carbocycles. The van der Waals surface area contributed by atoms with Crippen LogP contribution in [0.2, 0.25) is 0 Å². The summed E-state index contributed by atoms with van der Waals surface area (Å²) < 4.78 is 11.8. The van der Waals surface area contributed by atoms with Crippen molar-refractivity contribution in [3.63, 3.8) is 0 Å². The van der Waals surface area contributed by atoms with Crippen molar-refractivity contribution in [2.75, 3.05) is 0 Å². The number of hydrogen-bond acceptors (Lipinski definition) is 1. The van der Waals surface area contributed by atoms with Crippen molar-refractivity contribution in [1.29, 1.82) is 0 Å². The number of aryl methyl sites for hydroxylation is 1. The van der Waals surface area contributed by atoms with Gasteiger partial charge in [-0.2, -0.15) is 9.13 Å². The lowest BCUT2D eigenvalue weighted by Crippen LogP contribution is -2.51. The summed E-state index contributed by atoms with van der Waals surface area (Å²) in [5.74, 6) is 0.806. The summed E-state index contributed by atoms with van der Waals surface area (Å²) in [6.07, 6.45) is 4.60. The lowest BCUT2D eigenvalue weighted by atomic mass is 9.89. The molecule has 3 aliphatic rings. The molecule has 0 saturated heterocycles. The molecule has 5 heterocycles. The minimum Gasteiger partial charge on any atom is -0.455 e. The quantitative estimate of drug-likeness (QED) is 0.220. The minimum absolute atomic E-state index is 0.158. The van der Waals surface area contributed by atoms with E-state index in [0.29, 0.717) is 17.9 Å². The molecule has 9 rings (SSSR count). The smallest absolute Gasteiger partial charge is 0.269 e. The van der Waals surface area contributed by atoms with Crippen molar-refractivity contribution in [2.45, 2.75) is 44.2 Å². The Kier molecular flexibility index (Phi) is 3.71. The Balaban J connectivity index is 1.42. The van der Waals surface area contributed by atoms with Crippen LogP contribution in [0, 0.1) is 6.92 Å². The first kappa shape index (κ1) is 20.8. The first-order valence-electron chi connectivity index (χ1n) is 13.7. The van der Waals surface area contributed by atoms with Gasteiger partial charge < -0.3 is 4.42 Å². The number of aromatic nitrogens is 2. The van der Waals surface area contributed by atoms with Gasteiger partial charge in [-0.15, -0.1) is 0 Å². The van der Waals surface area contributed by atoms with Gasteiger partial charge in [0, 0.05) is 40.1 Å². The highest BCUT2D eigenvalue weighted by atomic mass is 16.3. The molecule has 0 bridgehead atoms. The summed E-state index contributed by atoms with van der Waals surface area (Å²) in [5, 5.41) is 2.38. The van der Waals surface area contributed by atoms with Gasteiger partial charge in [-0.3, -0.25) is 0 Å². The van der Waals surface area contributed by atoms with E-state index in [0.717, 1.165) is 11.2 Å². The van der Waals surface area contributed by atoms with Crippen molar-refractivity contribution in [2.24, 2.45) is 0 Å². The molecule has 3 aromatic heterocycles. The van der Waals surface area contributed by atoms with E-state index in [4.69, 9.17) is 4.42 Å². The van der Waals surface area contributed by atoms with Gasteiger partial charge in [0.1, 0.15) is 17.1 Å². The minimum atomic E-state index is -0.158. The first-order valence-corrected chi connectivity index (χ1v) is 13.7. The van der Waals surface area contributed by atoms with Crippen LogP contribution in [-0.2, 0) is 5.54 Å². The van der Waals surface area contributed by atoms with E-state index < -0.39 is 0 Å². The normalized spacial score (nSPS) is 21.9. The molecule has 0 N–H and O–H groups in total. The fraction of sp³-hybridized carbons (Fsp3) is 0.200. The molecule has 3 aromatic carbocycles. The van der Waals surface area contributed by atoms with E-state index in [-0.39, 0.29) is 5.54 Å². The van der Waals surface area contributed by atoms with Crippen LogP contribution in [-0.4, -0.2) is 0 Å². The molecule has 3 atom stereocenters. The van der Waals surface area contributed by atoms with Crippen molar-refractivity contribution in [1.82, 2.24) is 0 Å². The van der Waals surface area contributed by atoms with Crippen LogP contribution >= 0.6 is 0 Å². The maximum atomic E-state index is 6.65. The average molecular weight is 493 g/mol. The zero-order valence-electron chi connectivity index (χ0n) is 21.8. The second-order valence-corrected chi connectivity index (χ2v) is 11.6. The number of hydrogen-bond donors (Lipinski definition) is 0. The van der Waals surface area contributed by atoms with E-state index in [9.17, 15) is 0 Å². The van der Waals surface area contributed by atoms with Gasteiger partial charge in [0.15, 0.2) is 12.4 Å². The summed E-state index contributed by atoms with van der Waals surface area (Å²) in [6.45, 7) is 6.84. The lowest BCUT2D eigenvalue weighted by molar-refractivity contribution is -0.772. The predicted molar refractivity (Wildman–Crippen MR) is 149 cm³/mol. The van der Waals surface area contributed by atoms with Crippen molar-refractivity contribution in [3.05, 3.63) is 120 Å². The zero-order chi connectivity index (χ0) is 25.3. The molecule has 0 amide bonds. The predicted octanol–water partition coefficient (Wildman–Crippen LogP) is 7.34. The van der Waals surface area contributed by atoms with E-state index >= 15 is 0 Å². The highest BCUT2D eigenvalue weighted by Crippen LogP contribution is 2.71. The van der Waals surface area contributed by atoms with Crippen LogP contribution in [0.3, 0.4) is 0 Å². The standard InChI is InChI=1S/C35H28N2O/c1-20(2)22-13-14-25-27(19-22)35(37-18-7-6-11-28(25)37)31-26-16-15-24-23-10-4-5-12-29(23)38-33(24)30(26)32-21(3)9-8-17-36(32)34(31)35/h4-20,31,34H,1-3H3/q+2. The van der Waals surface area contributed by atoms with Gasteiger partial charge in [0.05, 0.1) is 11.1 Å². The Morgan fingerprint density at radius 2 is 1.71 bits per heavy atom. The Hall–Kier alpha value is -4.24. The van der Waals surface area contributed by atoms with Crippen LogP contribution in [0.15, 0.2) is 102 Å². The third-order valence-electron chi connectivity index (χ3n) is 9.48. The molecule has 3 nitrogen and oxygen atoms in total. The van der Waals surface area contributed by atoms with Crippen LogP contribution in [0.4, 0.5) is 0 Å². The second kappa shape index (κ2) is 6.79. The summed E-state index contributed by atoms with van der Waals surface area (Å²) in [4.78, 5) is 0. The van der Waals surface area contributed by atoms with Crippen molar-refractivity contribution >= 4 is 21.9 Å². The molecule has 6 aromatic rings. The summed E-state index contributed by atoms with van der Waals surface area (Å²) in [5.41, 5.74) is 12.6. The fourth-order valence-electron chi connectivity index (χ4n) is 7.85. The highest BCUT2D eigenvalue weighted by Gasteiger charge is 2.86. The number of benzene rings is 3. The Bertz CT molecular complexity index is 2000. The highest BCUT2D eigenvalue weighted by molar-refractivity contribution is 6.10. The molecule has 2 aliphatic heterocycles. The van der Waals surface area contributed by atoms with Crippen LogP contribution in [0.5, 0.6) is 0 Å². The number of para-hydroxylation sites is 1.